The molecule has 0 amide bonds. The second kappa shape index (κ2) is 5.58. The first-order chi connectivity index (χ1) is 6.16. The highest BCUT2D eigenvalue weighted by Gasteiger charge is 2.48. The number of halogens is 1. The molecule has 1 aliphatic rings. The molecular formula is C11H24FN. The van der Waals surface area contributed by atoms with E-state index in [0.29, 0.717) is 6.04 Å². The molecule has 80 valence electrons. The molecule has 1 nitrogen and oxygen atoms in total. The Balaban J connectivity index is 0.000000671. The molecule has 1 rings (SSSR count). The molecule has 13 heavy (non-hydrogen) atoms. The summed E-state index contributed by atoms with van der Waals surface area (Å²) in [5.74, 6) is 0. The van der Waals surface area contributed by atoms with E-state index in [1.807, 2.05) is 13.8 Å². The van der Waals surface area contributed by atoms with E-state index in [-0.39, 0.29) is 12.2 Å². The average Bonchev–Trinajstić information content (AvgIpc) is 2.90. The molecule has 0 heterocycles. The Morgan fingerprint density at radius 1 is 1.31 bits per heavy atom. The van der Waals surface area contributed by atoms with Crippen molar-refractivity contribution in [2.75, 3.05) is 13.2 Å². The monoisotopic (exact) mass is 189 g/mol. The van der Waals surface area contributed by atoms with Gasteiger partial charge >= 0.3 is 0 Å². The average molecular weight is 189 g/mol. The fourth-order valence-corrected chi connectivity index (χ4v) is 1.89. The maximum atomic E-state index is 12.6. The van der Waals surface area contributed by atoms with Crippen LogP contribution in [0.15, 0.2) is 0 Å². The second-order valence-electron chi connectivity index (χ2n) is 3.74. The molecule has 0 aliphatic heterocycles. The third kappa shape index (κ3) is 2.94. The van der Waals surface area contributed by atoms with Crippen LogP contribution in [0.1, 0.15) is 47.5 Å². The number of hydrogen-bond donors (Lipinski definition) is 0. The van der Waals surface area contributed by atoms with Crippen molar-refractivity contribution in [1.29, 1.82) is 0 Å². The van der Waals surface area contributed by atoms with Crippen LogP contribution >= 0.6 is 0 Å². The van der Waals surface area contributed by atoms with Crippen molar-refractivity contribution in [3.8, 4) is 0 Å². The first-order valence-electron chi connectivity index (χ1n) is 5.49. The SMILES string of the molecule is CC.CCN(C(C)C)C1(CF)CC1. The number of alkyl halides is 1. The fourth-order valence-electron chi connectivity index (χ4n) is 1.89. The lowest BCUT2D eigenvalue weighted by atomic mass is 10.2. The minimum absolute atomic E-state index is 0.0527. The van der Waals surface area contributed by atoms with Crippen LogP contribution in [-0.4, -0.2) is 29.7 Å². The van der Waals surface area contributed by atoms with Crippen molar-refractivity contribution in [3.63, 3.8) is 0 Å². The van der Waals surface area contributed by atoms with Crippen molar-refractivity contribution in [2.45, 2.75) is 59.0 Å². The van der Waals surface area contributed by atoms with Gasteiger partial charge in [0.25, 0.3) is 0 Å². The van der Waals surface area contributed by atoms with Crippen LogP contribution in [0.4, 0.5) is 4.39 Å². The molecule has 0 saturated heterocycles. The van der Waals surface area contributed by atoms with E-state index in [2.05, 4.69) is 25.7 Å². The minimum atomic E-state index is -0.168. The van der Waals surface area contributed by atoms with Crippen molar-refractivity contribution in [2.24, 2.45) is 0 Å². The number of hydrogen-bond acceptors (Lipinski definition) is 1. The fraction of sp³-hybridized carbons (Fsp3) is 1.00. The van der Waals surface area contributed by atoms with Crippen molar-refractivity contribution in [1.82, 2.24) is 4.90 Å². The van der Waals surface area contributed by atoms with Crippen LogP contribution < -0.4 is 0 Å². The number of nitrogens with zero attached hydrogens (tertiary/aromatic N) is 1. The van der Waals surface area contributed by atoms with Crippen molar-refractivity contribution < 1.29 is 4.39 Å². The Bertz CT molecular complexity index is 130. The predicted octanol–water partition coefficient (Wildman–Crippen LogP) is 3.25. The minimum Gasteiger partial charge on any atom is -0.293 e. The summed E-state index contributed by atoms with van der Waals surface area (Å²) in [6.45, 7) is 11.2. The van der Waals surface area contributed by atoms with E-state index in [1.54, 1.807) is 0 Å². The molecule has 1 fully saturated rings. The van der Waals surface area contributed by atoms with Gasteiger partial charge in [-0.05, 0) is 33.2 Å². The summed E-state index contributed by atoms with van der Waals surface area (Å²) in [6.07, 6.45) is 2.10. The quantitative estimate of drug-likeness (QED) is 0.656. The molecule has 0 aromatic heterocycles. The maximum Gasteiger partial charge on any atom is 0.108 e. The molecule has 0 atom stereocenters. The third-order valence-corrected chi connectivity index (χ3v) is 2.65. The summed E-state index contributed by atoms with van der Waals surface area (Å²) in [5.41, 5.74) is -0.0527. The van der Waals surface area contributed by atoms with Gasteiger partial charge in [0.15, 0.2) is 0 Å². The predicted molar refractivity (Wildman–Crippen MR) is 56.8 cm³/mol. The first kappa shape index (κ1) is 12.9. The highest BCUT2D eigenvalue weighted by molar-refractivity contribution is 5.04. The normalized spacial score (nSPS) is 18.5. The van der Waals surface area contributed by atoms with E-state index in [1.165, 1.54) is 0 Å². The molecule has 1 saturated carbocycles. The van der Waals surface area contributed by atoms with Gasteiger partial charge < -0.3 is 0 Å². The number of rotatable bonds is 4. The van der Waals surface area contributed by atoms with Crippen LogP contribution in [0.25, 0.3) is 0 Å². The van der Waals surface area contributed by atoms with E-state index < -0.39 is 0 Å². The topological polar surface area (TPSA) is 3.24 Å². The van der Waals surface area contributed by atoms with E-state index in [4.69, 9.17) is 0 Å². The Morgan fingerprint density at radius 3 is 1.85 bits per heavy atom. The van der Waals surface area contributed by atoms with E-state index in [9.17, 15) is 4.39 Å². The molecule has 2 heteroatoms. The lowest BCUT2D eigenvalue weighted by Gasteiger charge is -2.32. The molecule has 1 aliphatic carbocycles. The van der Waals surface area contributed by atoms with Crippen molar-refractivity contribution in [3.05, 3.63) is 0 Å². The summed E-state index contributed by atoms with van der Waals surface area (Å²) in [6, 6.07) is 0.484. The summed E-state index contributed by atoms with van der Waals surface area (Å²) < 4.78 is 12.6. The lowest BCUT2D eigenvalue weighted by Crippen LogP contribution is -2.43. The Kier molecular flexibility index (Phi) is 5.54. The van der Waals surface area contributed by atoms with Gasteiger partial charge in [0.1, 0.15) is 6.67 Å². The van der Waals surface area contributed by atoms with Gasteiger partial charge in [-0.15, -0.1) is 0 Å². The molecule has 0 aromatic rings. The Labute approximate surface area is 82.3 Å². The van der Waals surface area contributed by atoms with E-state index >= 15 is 0 Å². The van der Waals surface area contributed by atoms with Crippen molar-refractivity contribution >= 4 is 0 Å². The zero-order valence-corrected chi connectivity index (χ0v) is 9.73. The molecular weight excluding hydrogens is 165 g/mol. The van der Waals surface area contributed by atoms with Gasteiger partial charge in [-0.1, -0.05) is 20.8 Å². The molecule has 0 aromatic carbocycles. The summed E-state index contributed by atoms with van der Waals surface area (Å²) in [4.78, 5) is 2.27. The summed E-state index contributed by atoms with van der Waals surface area (Å²) >= 11 is 0. The lowest BCUT2D eigenvalue weighted by molar-refractivity contribution is 0.117. The largest absolute Gasteiger partial charge is 0.293 e. The molecule has 0 bridgehead atoms. The Hall–Kier alpha value is -0.110. The zero-order chi connectivity index (χ0) is 10.5. The second-order valence-corrected chi connectivity index (χ2v) is 3.74. The van der Waals surface area contributed by atoms with Crippen LogP contribution in [-0.2, 0) is 0 Å². The van der Waals surface area contributed by atoms with Gasteiger partial charge in [-0.3, -0.25) is 4.90 Å². The van der Waals surface area contributed by atoms with Gasteiger partial charge in [-0.25, -0.2) is 4.39 Å². The third-order valence-electron chi connectivity index (χ3n) is 2.65. The highest BCUT2D eigenvalue weighted by Crippen LogP contribution is 2.42. The highest BCUT2D eigenvalue weighted by atomic mass is 19.1. The maximum absolute atomic E-state index is 12.6. The zero-order valence-electron chi connectivity index (χ0n) is 9.73. The first-order valence-corrected chi connectivity index (χ1v) is 5.49. The van der Waals surface area contributed by atoms with Gasteiger partial charge in [-0.2, -0.15) is 0 Å². The van der Waals surface area contributed by atoms with Crippen LogP contribution in [0.2, 0.25) is 0 Å². The molecule has 0 radical (unpaired) electrons. The smallest absolute Gasteiger partial charge is 0.108 e. The molecule has 0 spiro atoms. The van der Waals surface area contributed by atoms with Crippen LogP contribution in [0.5, 0.6) is 0 Å². The summed E-state index contributed by atoms with van der Waals surface area (Å²) in [7, 11) is 0. The van der Waals surface area contributed by atoms with Crippen LogP contribution in [0, 0.1) is 0 Å². The molecule has 0 unspecified atom stereocenters. The molecule has 0 N–H and O–H groups in total. The standard InChI is InChI=1S/C9H18FN.C2H6/c1-4-11(8(2)3)9(7-10)5-6-9;1-2/h8H,4-7H2,1-3H3;1-2H3. The van der Waals surface area contributed by atoms with Gasteiger partial charge in [0.2, 0.25) is 0 Å². The summed E-state index contributed by atoms with van der Waals surface area (Å²) in [5, 5.41) is 0. The van der Waals surface area contributed by atoms with E-state index in [0.717, 1.165) is 19.4 Å². The Morgan fingerprint density at radius 2 is 1.77 bits per heavy atom. The van der Waals surface area contributed by atoms with Gasteiger partial charge in [0.05, 0.1) is 0 Å². The van der Waals surface area contributed by atoms with Gasteiger partial charge in [0, 0.05) is 11.6 Å². The van der Waals surface area contributed by atoms with Crippen LogP contribution in [0.3, 0.4) is 0 Å².